The first-order valence-corrected chi connectivity index (χ1v) is 7.97. The number of unbranched alkanes of at least 4 members (excludes halogenated alkanes) is 6. The van der Waals surface area contributed by atoms with Crippen molar-refractivity contribution in [3.05, 3.63) is 0 Å². The fourth-order valence-corrected chi connectivity index (χ4v) is 3.10. The van der Waals surface area contributed by atoms with Gasteiger partial charge in [-0.05, 0) is 33.2 Å². The van der Waals surface area contributed by atoms with Crippen molar-refractivity contribution in [1.29, 1.82) is 0 Å². The topological polar surface area (TPSA) is 3.24 Å². The number of piperidine rings is 1. The zero-order valence-corrected chi connectivity index (χ0v) is 12.4. The maximum absolute atomic E-state index is 2.63. The number of likely N-dealkylation sites (tertiary alicyclic amines) is 1. The fourth-order valence-electron chi connectivity index (χ4n) is 3.10. The molecule has 0 radical (unpaired) electrons. The van der Waals surface area contributed by atoms with E-state index in [1.165, 1.54) is 70.6 Å². The van der Waals surface area contributed by atoms with Crippen LogP contribution in [0.25, 0.3) is 0 Å². The predicted molar refractivity (Wildman–Crippen MR) is 77.5 cm³/mol. The molecule has 1 aliphatic heterocycles. The second kappa shape index (κ2) is 8.97. The van der Waals surface area contributed by atoms with Gasteiger partial charge in [0, 0.05) is 12.1 Å². The van der Waals surface area contributed by atoms with Gasteiger partial charge in [-0.15, -0.1) is 0 Å². The van der Waals surface area contributed by atoms with Gasteiger partial charge in [0.15, 0.2) is 0 Å². The number of rotatable bonds is 8. The fraction of sp³-hybridized carbons (Fsp3) is 1.00. The van der Waals surface area contributed by atoms with E-state index in [1.54, 1.807) is 0 Å². The molecule has 1 rings (SSSR count). The number of hydrogen-bond acceptors (Lipinski definition) is 1. The van der Waals surface area contributed by atoms with Crippen LogP contribution < -0.4 is 0 Å². The van der Waals surface area contributed by atoms with Crippen LogP contribution in [-0.2, 0) is 0 Å². The third kappa shape index (κ3) is 5.90. The molecule has 102 valence electrons. The van der Waals surface area contributed by atoms with Crippen LogP contribution in [0.15, 0.2) is 0 Å². The van der Waals surface area contributed by atoms with Gasteiger partial charge >= 0.3 is 0 Å². The van der Waals surface area contributed by atoms with Crippen molar-refractivity contribution in [3.8, 4) is 0 Å². The van der Waals surface area contributed by atoms with E-state index >= 15 is 0 Å². The zero-order chi connectivity index (χ0) is 12.5. The quantitative estimate of drug-likeness (QED) is 0.539. The molecular weight excluding hydrogens is 206 g/mol. The molecule has 1 heteroatoms. The minimum Gasteiger partial charge on any atom is -0.301 e. The van der Waals surface area contributed by atoms with Gasteiger partial charge < -0.3 is 4.90 Å². The smallest absolute Gasteiger partial charge is 0.00950 e. The van der Waals surface area contributed by atoms with Gasteiger partial charge in [0.2, 0.25) is 0 Å². The van der Waals surface area contributed by atoms with E-state index in [9.17, 15) is 0 Å². The third-order valence-corrected chi connectivity index (χ3v) is 4.57. The summed E-state index contributed by atoms with van der Waals surface area (Å²) in [5, 5.41) is 0. The van der Waals surface area contributed by atoms with Crippen molar-refractivity contribution >= 4 is 0 Å². The van der Waals surface area contributed by atoms with Gasteiger partial charge in [-0.3, -0.25) is 0 Å². The van der Waals surface area contributed by atoms with Crippen molar-refractivity contribution in [2.45, 2.75) is 96.6 Å². The zero-order valence-electron chi connectivity index (χ0n) is 12.4. The molecule has 0 saturated carbocycles. The molecule has 0 aromatic heterocycles. The average Bonchev–Trinajstić information content (AvgIpc) is 2.33. The largest absolute Gasteiger partial charge is 0.301 e. The molecule has 2 unspecified atom stereocenters. The normalized spacial score (nSPS) is 26.3. The Morgan fingerprint density at radius 1 is 0.941 bits per heavy atom. The summed E-state index contributed by atoms with van der Waals surface area (Å²) < 4.78 is 0. The van der Waals surface area contributed by atoms with Crippen LogP contribution in [0.4, 0.5) is 0 Å². The van der Waals surface area contributed by atoms with E-state index < -0.39 is 0 Å². The van der Waals surface area contributed by atoms with E-state index in [1.807, 2.05) is 0 Å². The van der Waals surface area contributed by atoms with E-state index in [0.717, 1.165) is 12.1 Å². The molecule has 0 N–H and O–H groups in total. The van der Waals surface area contributed by atoms with Crippen molar-refractivity contribution in [2.24, 2.45) is 0 Å². The standard InChI is InChI=1S/C16H33N/c1-4-5-6-7-8-9-10-13-16-14-11-12-15(2)17(16)3/h15-16H,4-14H2,1-3H3. The van der Waals surface area contributed by atoms with E-state index in [-0.39, 0.29) is 0 Å². The molecule has 1 nitrogen and oxygen atoms in total. The monoisotopic (exact) mass is 239 g/mol. The summed E-state index contributed by atoms with van der Waals surface area (Å²) in [5.41, 5.74) is 0. The Bertz CT molecular complexity index is 178. The summed E-state index contributed by atoms with van der Waals surface area (Å²) in [6.45, 7) is 4.68. The van der Waals surface area contributed by atoms with Crippen LogP contribution in [0.3, 0.4) is 0 Å². The van der Waals surface area contributed by atoms with Crippen LogP contribution in [0.5, 0.6) is 0 Å². The van der Waals surface area contributed by atoms with Crippen LogP contribution in [0.1, 0.15) is 84.5 Å². The Labute approximate surface area is 109 Å². The molecule has 0 aromatic carbocycles. The summed E-state index contributed by atoms with van der Waals surface area (Å²) in [6.07, 6.45) is 15.8. The summed E-state index contributed by atoms with van der Waals surface area (Å²) in [7, 11) is 2.33. The summed E-state index contributed by atoms with van der Waals surface area (Å²) >= 11 is 0. The van der Waals surface area contributed by atoms with Crippen molar-refractivity contribution in [2.75, 3.05) is 7.05 Å². The van der Waals surface area contributed by atoms with Gasteiger partial charge in [-0.25, -0.2) is 0 Å². The maximum Gasteiger partial charge on any atom is 0.00950 e. The second-order valence-electron chi connectivity index (χ2n) is 6.01. The summed E-state index contributed by atoms with van der Waals surface area (Å²) in [5.74, 6) is 0. The van der Waals surface area contributed by atoms with Gasteiger partial charge in [0.1, 0.15) is 0 Å². The van der Waals surface area contributed by atoms with Crippen molar-refractivity contribution in [1.82, 2.24) is 4.90 Å². The van der Waals surface area contributed by atoms with Gasteiger partial charge in [-0.2, -0.15) is 0 Å². The molecular formula is C16H33N. The van der Waals surface area contributed by atoms with Gasteiger partial charge in [-0.1, -0.05) is 58.3 Å². The first kappa shape index (κ1) is 15.0. The molecule has 17 heavy (non-hydrogen) atoms. The first-order chi connectivity index (χ1) is 8.25. The Balaban J connectivity index is 1.98. The number of nitrogens with zero attached hydrogens (tertiary/aromatic N) is 1. The molecule has 1 saturated heterocycles. The Kier molecular flexibility index (Phi) is 7.92. The summed E-state index contributed by atoms with van der Waals surface area (Å²) in [4.78, 5) is 2.63. The van der Waals surface area contributed by atoms with Crippen LogP contribution in [0, 0.1) is 0 Å². The lowest BCUT2D eigenvalue weighted by Gasteiger charge is -2.38. The van der Waals surface area contributed by atoms with E-state index in [2.05, 4.69) is 25.8 Å². The Morgan fingerprint density at radius 2 is 1.59 bits per heavy atom. The van der Waals surface area contributed by atoms with E-state index in [4.69, 9.17) is 0 Å². The molecule has 1 aliphatic rings. The highest BCUT2D eigenvalue weighted by Gasteiger charge is 2.23. The lowest BCUT2D eigenvalue weighted by Crippen LogP contribution is -2.42. The lowest BCUT2D eigenvalue weighted by molar-refractivity contribution is 0.117. The van der Waals surface area contributed by atoms with Gasteiger partial charge in [0.25, 0.3) is 0 Å². The minimum absolute atomic E-state index is 0.818. The molecule has 0 spiro atoms. The lowest BCUT2D eigenvalue weighted by atomic mass is 9.93. The highest BCUT2D eigenvalue weighted by Crippen LogP contribution is 2.24. The SMILES string of the molecule is CCCCCCCCCC1CCCC(C)N1C. The number of hydrogen-bond donors (Lipinski definition) is 0. The molecule has 0 aliphatic carbocycles. The minimum atomic E-state index is 0.818. The summed E-state index contributed by atoms with van der Waals surface area (Å²) in [6, 6.07) is 1.70. The molecule has 1 fully saturated rings. The Morgan fingerprint density at radius 3 is 2.29 bits per heavy atom. The predicted octanol–water partition coefficient (Wildman–Crippen LogP) is 5.00. The molecule has 0 bridgehead atoms. The average molecular weight is 239 g/mol. The highest BCUT2D eigenvalue weighted by atomic mass is 15.2. The van der Waals surface area contributed by atoms with Crippen molar-refractivity contribution < 1.29 is 0 Å². The van der Waals surface area contributed by atoms with Crippen LogP contribution >= 0.6 is 0 Å². The Hall–Kier alpha value is -0.0400. The van der Waals surface area contributed by atoms with Crippen LogP contribution in [-0.4, -0.2) is 24.0 Å². The maximum atomic E-state index is 2.63. The van der Waals surface area contributed by atoms with Crippen LogP contribution in [0.2, 0.25) is 0 Å². The second-order valence-corrected chi connectivity index (χ2v) is 6.01. The molecule has 2 atom stereocenters. The highest BCUT2D eigenvalue weighted by molar-refractivity contribution is 4.79. The van der Waals surface area contributed by atoms with E-state index in [0.29, 0.717) is 0 Å². The first-order valence-electron chi connectivity index (χ1n) is 7.97. The molecule has 0 aromatic rings. The van der Waals surface area contributed by atoms with Gasteiger partial charge in [0.05, 0.1) is 0 Å². The van der Waals surface area contributed by atoms with Crippen molar-refractivity contribution in [3.63, 3.8) is 0 Å². The third-order valence-electron chi connectivity index (χ3n) is 4.57. The molecule has 1 heterocycles. The molecule has 0 amide bonds.